The Hall–Kier alpha value is -3.34. The molecular formula is C21H22N2O3. The summed E-state index contributed by atoms with van der Waals surface area (Å²) in [5.41, 5.74) is 4.18. The standard InChI is InChI=1S/C21H22N2O3/c1-3-9-17-10-5-7-12-19(17)26-16-21(24)23-22-15-18-11-6-8-13-20(18)25-14-4-2/h3-8,10-13,15H,1-2,9,14,16H2,(H,23,24). The van der Waals surface area contributed by atoms with Crippen LogP contribution in [0.15, 0.2) is 78.9 Å². The van der Waals surface area contributed by atoms with Gasteiger partial charge in [0.25, 0.3) is 5.91 Å². The van der Waals surface area contributed by atoms with Gasteiger partial charge in [-0.05, 0) is 30.2 Å². The first-order chi connectivity index (χ1) is 12.7. The molecule has 0 radical (unpaired) electrons. The zero-order chi connectivity index (χ0) is 18.6. The number of hydrogen-bond acceptors (Lipinski definition) is 4. The maximum atomic E-state index is 11.9. The minimum absolute atomic E-state index is 0.125. The second-order valence-electron chi connectivity index (χ2n) is 5.32. The van der Waals surface area contributed by atoms with Crippen molar-refractivity contribution in [3.63, 3.8) is 0 Å². The summed E-state index contributed by atoms with van der Waals surface area (Å²) in [6.07, 6.45) is 5.66. The van der Waals surface area contributed by atoms with E-state index in [9.17, 15) is 4.79 Å². The molecule has 0 aliphatic heterocycles. The summed E-state index contributed by atoms with van der Waals surface area (Å²) in [4.78, 5) is 11.9. The van der Waals surface area contributed by atoms with Gasteiger partial charge >= 0.3 is 0 Å². The van der Waals surface area contributed by atoms with Crippen LogP contribution in [0.3, 0.4) is 0 Å². The number of nitrogens with one attached hydrogen (secondary N) is 1. The first-order valence-corrected chi connectivity index (χ1v) is 8.21. The van der Waals surface area contributed by atoms with E-state index in [1.165, 1.54) is 6.21 Å². The first-order valence-electron chi connectivity index (χ1n) is 8.21. The van der Waals surface area contributed by atoms with Crippen LogP contribution in [-0.4, -0.2) is 25.3 Å². The molecule has 0 heterocycles. The van der Waals surface area contributed by atoms with Crippen LogP contribution in [-0.2, 0) is 11.2 Å². The highest BCUT2D eigenvalue weighted by Gasteiger charge is 2.05. The summed E-state index contributed by atoms with van der Waals surface area (Å²) in [7, 11) is 0. The molecular weight excluding hydrogens is 328 g/mol. The van der Waals surface area contributed by atoms with E-state index in [0.29, 0.717) is 24.5 Å². The zero-order valence-corrected chi connectivity index (χ0v) is 14.6. The molecule has 0 fully saturated rings. The fourth-order valence-electron chi connectivity index (χ4n) is 2.19. The third-order valence-corrected chi connectivity index (χ3v) is 3.36. The number of ether oxygens (including phenoxy) is 2. The van der Waals surface area contributed by atoms with Gasteiger partial charge in [-0.3, -0.25) is 4.79 Å². The van der Waals surface area contributed by atoms with Crippen LogP contribution >= 0.6 is 0 Å². The lowest BCUT2D eigenvalue weighted by atomic mass is 10.1. The zero-order valence-electron chi connectivity index (χ0n) is 14.6. The minimum Gasteiger partial charge on any atom is -0.489 e. The van der Waals surface area contributed by atoms with Crippen LogP contribution < -0.4 is 14.9 Å². The molecule has 2 rings (SSSR count). The number of benzene rings is 2. The maximum absolute atomic E-state index is 11.9. The Kier molecular flexibility index (Phi) is 7.68. The number of allylic oxidation sites excluding steroid dienone is 1. The van der Waals surface area contributed by atoms with Gasteiger partial charge in [0.2, 0.25) is 0 Å². The Labute approximate surface area is 153 Å². The molecule has 1 amide bonds. The molecule has 0 aliphatic rings. The molecule has 0 saturated heterocycles. The lowest BCUT2D eigenvalue weighted by Gasteiger charge is -2.09. The highest BCUT2D eigenvalue weighted by atomic mass is 16.5. The van der Waals surface area contributed by atoms with Crippen LogP contribution in [0.2, 0.25) is 0 Å². The first kappa shape index (κ1) is 19.0. The summed E-state index contributed by atoms with van der Waals surface area (Å²) in [6, 6.07) is 14.9. The van der Waals surface area contributed by atoms with Gasteiger partial charge in [0.15, 0.2) is 6.61 Å². The number of amides is 1. The van der Waals surface area contributed by atoms with E-state index >= 15 is 0 Å². The lowest BCUT2D eigenvalue weighted by molar-refractivity contribution is -0.123. The molecule has 0 spiro atoms. The van der Waals surface area contributed by atoms with Crippen LogP contribution in [0, 0.1) is 0 Å². The van der Waals surface area contributed by atoms with Crippen LogP contribution in [0.4, 0.5) is 0 Å². The lowest BCUT2D eigenvalue weighted by Crippen LogP contribution is -2.24. The van der Waals surface area contributed by atoms with E-state index in [2.05, 4.69) is 23.7 Å². The third kappa shape index (κ3) is 5.94. The second kappa shape index (κ2) is 10.5. The van der Waals surface area contributed by atoms with Gasteiger partial charge in [0.05, 0.1) is 6.21 Å². The Balaban J connectivity index is 1.88. The molecule has 134 valence electrons. The average molecular weight is 350 g/mol. The van der Waals surface area contributed by atoms with Gasteiger partial charge in [-0.1, -0.05) is 49.1 Å². The Bertz CT molecular complexity index is 784. The van der Waals surface area contributed by atoms with Crippen LogP contribution in [0.5, 0.6) is 11.5 Å². The minimum atomic E-state index is -0.348. The van der Waals surface area contributed by atoms with Gasteiger partial charge in [-0.25, -0.2) is 5.43 Å². The number of carbonyl (C=O) groups is 1. The molecule has 0 saturated carbocycles. The van der Waals surface area contributed by atoms with Gasteiger partial charge in [0, 0.05) is 5.56 Å². The van der Waals surface area contributed by atoms with Crippen LogP contribution in [0.25, 0.3) is 0 Å². The number of rotatable bonds is 10. The molecule has 1 N–H and O–H groups in total. The van der Waals surface area contributed by atoms with Crippen molar-refractivity contribution in [1.29, 1.82) is 0 Å². The highest BCUT2D eigenvalue weighted by molar-refractivity contribution is 5.85. The molecule has 0 bridgehead atoms. The van der Waals surface area contributed by atoms with Crippen molar-refractivity contribution in [1.82, 2.24) is 5.43 Å². The van der Waals surface area contributed by atoms with Crippen molar-refractivity contribution in [3.8, 4) is 11.5 Å². The highest BCUT2D eigenvalue weighted by Crippen LogP contribution is 2.18. The predicted molar refractivity (Wildman–Crippen MR) is 104 cm³/mol. The van der Waals surface area contributed by atoms with E-state index in [1.54, 1.807) is 12.2 Å². The molecule has 2 aromatic rings. The SMILES string of the molecule is C=CCOc1ccccc1C=NNC(=O)COc1ccccc1CC=C. The second-order valence-corrected chi connectivity index (χ2v) is 5.32. The molecule has 2 aromatic carbocycles. The van der Waals surface area contributed by atoms with Crippen molar-refractivity contribution in [2.75, 3.05) is 13.2 Å². The van der Waals surface area contributed by atoms with E-state index in [0.717, 1.165) is 11.1 Å². The molecule has 0 aliphatic carbocycles. The fraction of sp³-hybridized carbons (Fsp3) is 0.143. The van der Waals surface area contributed by atoms with Crippen molar-refractivity contribution in [2.45, 2.75) is 6.42 Å². The van der Waals surface area contributed by atoms with Crippen molar-refractivity contribution < 1.29 is 14.3 Å². The van der Waals surface area contributed by atoms with E-state index in [-0.39, 0.29) is 12.5 Å². The van der Waals surface area contributed by atoms with Gasteiger partial charge in [0.1, 0.15) is 18.1 Å². The summed E-state index contributed by atoms with van der Waals surface area (Å²) < 4.78 is 11.1. The van der Waals surface area contributed by atoms with E-state index in [4.69, 9.17) is 9.47 Å². The molecule has 5 nitrogen and oxygen atoms in total. The van der Waals surface area contributed by atoms with E-state index in [1.807, 2.05) is 48.5 Å². The van der Waals surface area contributed by atoms with Crippen molar-refractivity contribution >= 4 is 12.1 Å². The number of hydrazone groups is 1. The average Bonchev–Trinajstić information content (AvgIpc) is 2.67. The Morgan fingerprint density at radius 3 is 2.50 bits per heavy atom. The predicted octanol–water partition coefficient (Wildman–Crippen LogP) is 3.51. The number of hydrogen-bond donors (Lipinski definition) is 1. The topological polar surface area (TPSA) is 59.9 Å². The Morgan fingerprint density at radius 1 is 1.00 bits per heavy atom. The third-order valence-electron chi connectivity index (χ3n) is 3.36. The number of para-hydroxylation sites is 2. The largest absolute Gasteiger partial charge is 0.489 e. The van der Waals surface area contributed by atoms with Gasteiger partial charge < -0.3 is 9.47 Å². The van der Waals surface area contributed by atoms with Crippen molar-refractivity contribution in [3.05, 3.63) is 85.0 Å². The maximum Gasteiger partial charge on any atom is 0.277 e. The Morgan fingerprint density at radius 2 is 1.73 bits per heavy atom. The summed E-state index contributed by atoms with van der Waals surface area (Å²) in [5, 5.41) is 3.95. The molecule has 0 unspecified atom stereocenters. The summed E-state index contributed by atoms with van der Waals surface area (Å²) >= 11 is 0. The number of carbonyl (C=O) groups excluding carboxylic acids is 1. The monoisotopic (exact) mass is 350 g/mol. The van der Waals surface area contributed by atoms with E-state index < -0.39 is 0 Å². The summed E-state index contributed by atoms with van der Waals surface area (Å²) in [5.74, 6) is 0.980. The normalized spacial score (nSPS) is 10.3. The molecule has 0 atom stereocenters. The number of nitrogens with zero attached hydrogens (tertiary/aromatic N) is 1. The molecule has 5 heteroatoms. The smallest absolute Gasteiger partial charge is 0.277 e. The van der Waals surface area contributed by atoms with Crippen molar-refractivity contribution in [2.24, 2.45) is 5.10 Å². The fourth-order valence-corrected chi connectivity index (χ4v) is 2.19. The quantitative estimate of drug-likeness (QED) is 0.405. The molecule has 0 aromatic heterocycles. The van der Waals surface area contributed by atoms with Gasteiger partial charge in [-0.15, -0.1) is 6.58 Å². The van der Waals surface area contributed by atoms with Crippen LogP contribution in [0.1, 0.15) is 11.1 Å². The van der Waals surface area contributed by atoms with Gasteiger partial charge in [-0.2, -0.15) is 5.10 Å². The summed E-state index contributed by atoms with van der Waals surface area (Å²) in [6.45, 7) is 7.61. The molecule has 26 heavy (non-hydrogen) atoms.